The Morgan fingerprint density at radius 1 is 1.38 bits per heavy atom. The Bertz CT molecular complexity index is 720. The van der Waals surface area contributed by atoms with Crippen LogP contribution in [0.25, 0.3) is 6.08 Å². The van der Waals surface area contributed by atoms with Crippen molar-refractivity contribution in [2.24, 2.45) is 5.10 Å². The molecule has 1 N–H and O–H groups in total. The van der Waals surface area contributed by atoms with Crippen LogP contribution in [0, 0.1) is 0 Å². The third-order valence-corrected chi connectivity index (χ3v) is 3.89. The topological polar surface area (TPSA) is 73.1 Å². The molecule has 1 aromatic heterocycles. The summed E-state index contributed by atoms with van der Waals surface area (Å²) in [4.78, 5) is 11.7. The van der Waals surface area contributed by atoms with Crippen molar-refractivity contribution in [3.05, 3.63) is 51.3 Å². The minimum atomic E-state index is -0.382. The molecule has 0 saturated heterocycles. The lowest BCUT2D eigenvalue weighted by Crippen LogP contribution is -2.24. The van der Waals surface area contributed by atoms with Crippen LogP contribution in [0.1, 0.15) is 5.76 Å². The summed E-state index contributed by atoms with van der Waals surface area (Å²) in [5.74, 6) is 1.49. The van der Waals surface area contributed by atoms with E-state index in [1.165, 1.54) is 6.21 Å². The van der Waals surface area contributed by atoms with Gasteiger partial charge in [-0.1, -0.05) is 0 Å². The number of nitrogens with one attached hydrogen (secondary N) is 1. The molecule has 0 aliphatic carbocycles. The van der Waals surface area contributed by atoms with E-state index >= 15 is 0 Å². The molecule has 6 nitrogen and oxygen atoms in total. The van der Waals surface area contributed by atoms with Crippen LogP contribution in [-0.2, 0) is 4.79 Å². The van der Waals surface area contributed by atoms with Gasteiger partial charge in [-0.2, -0.15) is 5.10 Å². The lowest BCUT2D eigenvalue weighted by Gasteiger charge is -2.11. The molecule has 0 spiro atoms. The van der Waals surface area contributed by atoms with Crippen LogP contribution in [0.15, 0.2) is 55.1 Å². The SMILES string of the molecule is COc1cc(Br)c(OCC(=O)N/N=C/C=C/c2ccco2)c(Br)c1. The normalized spacial score (nSPS) is 11.1. The van der Waals surface area contributed by atoms with E-state index in [0.29, 0.717) is 26.2 Å². The number of benzene rings is 1. The van der Waals surface area contributed by atoms with Gasteiger partial charge in [0.1, 0.15) is 17.3 Å². The number of hydrazone groups is 1. The minimum absolute atomic E-state index is 0.178. The number of hydrogen-bond acceptors (Lipinski definition) is 5. The Labute approximate surface area is 155 Å². The average Bonchev–Trinajstić information content (AvgIpc) is 3.06. The maximum absolute atomic E-state index is 11.7. The van der Waals surface area contributed by atoms with E-state index in [4.69, 9.17) is 13.9 Å². The van der Waals surface area contributed by atoms with Crippen LogP contribution < -0.4 is 14.9 Å². The molecule has 8 heteroatoms. The third kappa shape index (κ3) is 5.54. The first-order chi connectivity index (χ1) is 11.6. The van der Waals surface area contributed by atoms with Crippen molar-refractivity contribution in [1.82, 2.24) is 5.43 Å². The molecular weight excluding hydrogens is 444 g/mol. The molecule has 0 bridgehead atoms. The molecule has 0 saturated carbocycles. The molecule has 0 unspecified atom stereocenters. The van der Waals surface area contributed by atoms with E-state index < -0.39 is 0 Å². The number of allylic oxidation sites excluding steroid dienone is 1. The second-order valence-electron chi connectivity index (χ2n) is 4.40. The highest BCUT2D eigenvalue weighted by Crippen LogP contribution is 2.37. The molecule has 1 aromatic carbocycles. The summed E-state index contributed by atoms with van der Waals surface area (Å²) in [5.41, 5.74) is 2.36. The van der Waals surface area contributed by atoms with Gasteiger partial charge < -0.3 is 13.9 Å². The average molecular weight is 458 g/mol. The summed E-state index contributed by atoms with van der Waals surface area (Å²) in [6.07, 6.45) is 6.39. The van der Waals surface area contributed by atoms with Crippen LogP contribution in [0.2, 0.25) is 0 Å². The second-order valence-corrected chi connectivity index (χ2v) is 6.11. The number of methoxy groups -OCH3 is 1. The lowest BCUT2D eigenvalue weighted by atomic mass is 10.3. The smallest absolute Gasteiger partial charge is 0.277 e. The molecule has 24 heavy (non-hydrogen) atoms. The molecule has 0 aliphatic rings. The summed E-state index contributed by atoms with van der Waals surface area (Å²) in [6, 6.07) is 7.08. The maximum atomic E-state index is 11.7. The summed E-state index contributed by atoms with van der Waals surface area (Å²) in [6.45, 7) is -0.178. The van der Waals surface area contributed by atoms with E-state index in [1.807, 2.05) is 0 Å². The number of amides is 1. The molecular formula is C16H14Br2N2O4. The molecule has 0 aliphatic heterocycles. The molecule has 2 rings (SSSR count). The van der Waals surface area contributed by atoms with Crippen LogP contribution in [0.5, 0.6) is 11.5 Å². The number of hydrogen-bond donors (Lipinski definition) is 1. The van der Waals surface area contributed by atoms with E-state index in [9.17, 15) is 4.79 Å². The zero-order valence-corrected chi connectivity index (χ0v) is 15.8. The third-order valence-electron chi connectivity index (χ3n) is 2.71. The zero-order chi connectivity index (χ0) is 17.4. The first-order valence-corrected chi connectivity index (χ1v) is 8.36. The van der Waals surface area contributed by atoms with Crippen molar-refractivity contribution in [3.8, 4) is 11.5 Å². The fraction of sp³-hybridized carbons (Fsp3) is 0.125. The van der Waals surface area contributed by atoms with Crippen molar-refractivity contribution >= 4 is 50.1 Å². The number of nitrogens with zero attached hydrogens (tertiary/aromatic N) is 1. The second kappa shape index (κ2) is 9.29. The van der Waals surface area contributed by atoms with Crippen molar-refractivity contribution in [3.63, 3.8) is 0 Å². The van der Waals surface area contributed by atoms with Crippen LogP contribution in [0.3, 0.4) is 0 Å². The van der Waals surface area contributed by atoms with Gasteiger partial charge in [0.05, 0.1) is 22.3 Å². The highest BCUT2D eigenvalue weighted by atomic mass is 79.9. The van der Waals surface area contributed by atoms with Crippen LogP contribution >= 0.6 is 31.9 Å². The number of carbonyl (C=O) groups is 1. The van der Waals surface area contributed by atoms with Gasteiger partial charge >= 0.3 is 0 Å². The van der Waals surface area contributed by atoms with Gasteiger partial charge in [-0.05, 0) is 68.3 Å². The predicted octanol–water partition coefficient (Wildman–Crippen LogP) is 4.01. The molecule has 0 radical (unpaired) electrons. The van der Waals surface area contributed by atoms with Gasteiger partial charge in [-0.15, -0.1) is 0 Å². The van der Waals surface area contributed by atoms with Gasteiger partial charge in [-0.3, -0.25) is 4.79 Å². The first kappa shape index (κ1) is 18.3. The van der Waals surface area contributed by atoms with Crippen LogP contribution in [-0.4, -0.2) is 25.8 Å². The van der Waals surface area contributed by atoms with Gasteiger partial charge in [0, 0.05) is 6.21 Å². The van der Waals surface area contributed by atoms with Crippen LogP contribution in [0.4, 0.5) is 0 Å². The fourth-order valence-corrected chi connectivity index (χ4v) is 3.01. The highest BCUT2D eigenvalue weighted by Gasteiger charge is 2.11. The van der Waals surface area contributed by atoms with Gasteiger partial charge in [0.25, 0.3) is 5.91 Å². The van der Waals surface area contributed by atoms with E-state index in [2.05, 4.69) is 42.4 Å². The van der Waals surface area contributed by atoms with Gasteiger partial charge in [0.15, 0.2) is 6.61 Å². The van der Waals surface area contributed by atoms with E-state index in [-0.39, 0.29) is 12.5 Å². The fourth-order valence-electron chi connectivity index (χ4n) is 1.64. The number of halogens is 2. The number of ether oxygens (including phenoxy) is 2. The predicted molar refractivity (Wildman–Crippen MR) is 98.3 cm³/mol. The Kier molecular flexibility index (Phi) is 7.07. The lowest BCUT2D eigenvalue weighted by molar-refractivity contribution is -0.123. The minimum Gasteiger partial charge on any atom is -0.497 e. The molecule has 0 fully saturated rings. The largest absolute Gasteiger partial charge is 0.497 e. The van der Waals surface area contributed by atoms with E-state index in [0.717, 1.165) is 0 Å². The van der Waals surface area contributed by atoms with Gasteiger partial charge in [0.2, 0.25) is 0 Å². The highest BCUT2D eigenvalue weighted by molar-refractivity contribution is 9.11. The summed E-state index contributed by atoms with van der Waals surface area (Å²) in [5, 5.41) is 3.78. The molecule has 1 heterocycles. The van der Waals surface area contributed by atoms with Crippen molar-refractivity contribution in [1.29, 1.82) is 0 Å². The van der Waals surface area contributed by atoms with Gasteiger partial charge in [-0.25, -0.2) is 5.43 Å². The summed E-state index contributed by atoms with van der Waals surface area (Å²) in [7, 11) is 1.57. The maximum Gasteiger partial charge on any atom is 0.277 e. The number of carbonyl (C=O) groups excluding carboxylic acids is 1. The summed E-state index contributed by atoms with van der Waals surface area (Å²) >= 11 is 6.73. The zero-order valence-electron chi connectivity index (χ0n) is 12.7. The molecule has 126 valence electrons. The number of rotatable bonds is 7. The quantitative estimate of drug-likeness (QED) is 0.503. The molecule has 0 atom stereocenters. The molecule has 2 aromatic rings. The molecule has 1 amide bonds. The first-order valence-electron chi connectivity index (χ1n) is 6.78. The summed E-state index contributed by atoms with van der Waals surface area (Å²) < 4.78 is 17.1. The Balaban J connectivity index is 1.81. The van der Waals surface area contributed by atoms with E-state index in [1.54, 1.807) is 49.8 Å². The van der Waals surface area contributed by atoms with Crippen molar-refractivity contribution in [2.45, 2.75) is 0 Å². The monoisotopic (exact) mass is 456 g/mol. The Morgan fingerprint density at radius 3 is 2.75 bits per heavy atom. The Hall–Kier alpha value is -2.06. The Morgan fingerprint density at radius 2 is 2.12 bits per heavy atom. The number of furan rings is 1. The van der Waals surface area contributed by atoms with Crippen molar-refractivity contribution < 1.29 is 18.7 Å². The van der Waals surface area contributed by atoms with Crippen molar-refractivity contribution in [2.75, 3.05) is 13.7 Å². The standard InChI is InChI=1S/C16H14Br2N2O4/c1-22-12-8-13(17)16(14(18)9-12)24-10-15(21)20-19-6-2-4-11-5-3-7-23-11/h2-9H,10H2,1H3,(H,20,21)/b4-2+,19-6+.